The van der Waals surface area contributed by atoms with E-state index in [2.05, 4.69) is 16.0 Å². The number of furan rings is 1. The molecule has 4 rings (SSSR count). The maximum Gasteiger partial charge on any atom is 0.254 e. The first-order valence-electron chi connectivity index (χ1n) is 10.0. The molecule has 0 spiro atoms. The van der Waals surface area contributed by atoms with E-state index >= 15 is 0 Å². The highest BCUT2D eigenvalue weighted by Gasteiger charge is 2.34. The van der Waals surface area contributed by atoms with Crippen molar-refractivity contribution in [1.29, 1.82) is 0 Å². The number of carbonyl (C=O) groups is 1. The Balaban J connectivity index is 1.74. The molecule has 1 atom stereocenters. The molecule has 7 nitrogen and oxygen atoms in total. The van der Waals surface area contributed by atoms with E-state index in [9.17, 15) is 18.8 Å². The van der Waals surface area contributed by atoms with E-state index in [1.165, 1.54) is 6.07 Å². The molecule has 3 aromatic rings. The highest BCUT2D eigenvalue weighted by molar-refractivity contribution is 6.05. The van der Waals surface area contributed by atoms with E-state index in [-0.39, 0.29) is 34.6 Å². The van der Waals surface area contributed by atoms with Gasteiger partial charge in [-0.05, 0) is 48.6 Å². The third kappa shape index (κ3) is 3.41. The van der Waals surface area contributed by atoms with Crippen molar-refractivity contribution in [3.8, 4) is 0 Å². The third-order valence-corrected chi connectivity index (χ3v) is 5.62. The van der Waals surface area contributed by atoms with E-state index in [0.717, 1.165) is 5.76 Å². The van der Waals surface area contributed by atoms with E-state index in [1.807, 2.05) is 39.8 Å². The molecule has 0 saturated carbocycles. The molecule has 3 N–H and O–H groups in total. The number of aryl methyl sites for hydroxylation is 2. The van der Waals surface area contributed by atoms with Crippen LogP contribution >= 0.6 is 0 Å². The van der Waals surface area contributed by atoms with Gasteiger partial charge >= 0.3 is 0 Å². The molecular weight excluding hydrogens is 401 g/mol. The van der Waals surface area contributed by atoms with E-state index in [1.54, 1.807) is 6.92 Å². The average molecular weight is 425 g/mol. The quantitative estimate of drug-likeness (QED) is 0.538. The van der Waals surface area contributed by atoms with Crippen molar-refractivity contribution in [3.63, 3.8) is 0 Å². The van der Waals surface area contributed by atoms with Crippen LogP contribution in [0.15, 0.2) is 32.2 Å². The normalized spacial score (nSPS) is 14.5. The molecule has 0 aliphatic carbocycles. The van der Waals surface area contributed by atoms with Crippen LogP contribution in [0.2, 0.25) is 0 Å². The summed E-state index contributed by atoms with van der Waals surface area (Å²) in [5, 5.41) is 8.51. The number of hydrogen-bond acceptors (Lipinski definition) is 6. The van der Waals surface area contributed by atoms with Gasteiger partial charge in [-0.25, -0.2) is 4.39 Å². The number of fused-ring (bicyclic) bond motifs is 1. The standard InChI is InChI=1S/C23H24FN3O4/c1-10-8-13(24)16(15-12(10)9-25-22(15)30)26-17-18(20(29)19(17)28)27-21(23(3,4)5)14-7-6-11(2)31-14/h6-8,21,26-27H,9H2,1-5H3,(H,25,30). The molecule has 1 aliphatic heterocycles. The Morgan fingerprint density at radius 2 is 1.74 bits per heavy atom. The molecule has 8 heteroatoms. The lowest BCUT2D eigenvalue weighted by Gasteiger charge is -2.31. The third-order valence-electron chi connectivity index (χ3n) is 5.62. The summed E-state index contributed by atoms with van der Waals surface area (Å²) in [6.07, 6.45) is 0. The molecule has 162 valence electrons. The van der Waals surface area contributed by atoms with E-state index < -0.39 is 28.6 Å². The Bertz CT molecular complexity index is 1280. The largest absolute Gasteiger partial charge is 0.464 e. The van der Waals surface area contributed by atoms with Gasteiger partial charge in [-0.1, -0.05) is 20.8 Å². The fourth-order valence-corrected chi connectivity index (χ4v) is 3.92. The van der Waals surface area contributed by atoms with Crippen molar-refractivity contribution in [2.24, 2.45) is 5.41 Å². The summed E-state index contributed by atoms with van der Waals surface area (Å²) in [5.41, 5.74) is -0.485. The summed E-state index contributed by atoms with van der Waals surface area (Å²) >= 11 is 0. The Kier molecular flexibility index (Phi) is 4.76. The van der Waals surface area contributed by atoms with Gasteiger partial charge in [-0.3, -0.25) is 14.4 Å². The number of benzene rings is 1. The molecule has 31 heavy (non-hydrogen) atoms. The Hall–Kier alpha value is -3.42. The van der Waals surface area contributed by atoms with Crippen LogP contribution in [0.1, 0.15) is 59.8 Å². The molecule has 2 heterocycles. The average Bonchev–Trinajstić information content (AvgIpc) is 3.28. The van der Waals surface area contributed by atoms with Gasteiger partial charge in [0.1, 0.15) is 28.7 Å². The second-order valence-corrected chi connectivity index (χ2v) is 9.01. The second-order valence-electron chi connectivity index (χ2n) is 9.01. The number of amides is 1. The van der Waals surface area contributed by atoms with Crippen molar-refractivity contribution in [1.82, 2.24) is 5.32 Å². The molecular formula is C23H24FN3O4. The second kappa shape index (κ2) is 7.08. The minimum atomic E-state index is -0.766. The molecule has 1 amide bonds. The van der Waals surface area contributed by atoms with Crippen LogP contribution in [0.3, 0.4) is 0 Å². The molecule has 0 saturated heterocycles. The minimum absolute atomic E-state index is 0.0473. The summed E-state index contributed by atoms with van der Waals surface area (Å²) < 4.78 is 20.5. The predicted molar refractivity (Wildman–Crippen MR) is 116 cm³/mol. The maximum atomic E-state index is 14.8. The molecule has 0 bridgehead atoms. The van der Waals surface area contributed by atoms with Crippen LogP contribution < -0.4 is 26.8 Å². The Morgan fingerprint density at radius 1 is 1.06 bits per heavy atom. The zero-order valence-electron chi connectivity index (χ0n) is 18.0. The van der Waals surface area contributed by atoms with Gasteiger partial charge in [0.05, 0.1) is 17.3 Å². The fourth-order valence-electron chi connectivity index (χ4n) is 3.92. The SMILES string of the molecule is Cc1ccc(C(Nc2c(Nc3c(F)cc(C)c4c3C(=O)NC4)c(=O)c2=O)C(C)(C)C)o1. The molecule has 0 fully saturated rings. The van der Waals surface area contributed by atoms with Crippen LogP contribution in [-0.4, -0.2) is 5.91 Å². The first-order valence-corrected chi connectivity index (χ1v) is 10.0. The first-order chi connectivity index (χ1) is 14.5. The highest BCUT2D eigenvalue weighted by Crippen LogP contribution is 2.39. The number of carbonyl (C=O) groups excluding carboxylic acids is 1. The van der Waals surface area contributed by atoms with Crippen LogP contribution in [-0.2, 0) is 6.54 Å². The molecule has 0 radical (unpaired) electrons. The molecule has 1 aliphatic rings. The lowest BCUT2D eigenvalue weighted by atomic mass is 9.84. The number of anilines is 3. The summed E-state index contributed by atoms with van der Waals surface area (Å²) in [5.74, 6) is 0.247. The summed E-state index contributed by atoms with van der Waals surface area (Å²) in [6, 6.07) is 4.53. The lowest BCUT2D eigenvalue weighted by Crippen LogP contribution is -2.39. The molecule has 1 unspecified atom stereocenters. The molecule has 1 aromatic heterocycles. The smallest absolute Gasteiger partial charge is 0.254 e. The zero-order valence-corrected chi connectivity index (χ0v) is 18.0. The topological polar surface area (TPSA) is 100 Å². The van der Waals surface area contributed by atoms with E-state index in [4.69, 9.17) is 4.42 Å². The van der Waals surface area contributed by atoms with Crippen LogP contribution in [0, 0.1) is 25.1 Å². The maximum absolute atomic E-state index is 14.8. The van der Waals surface area contributed by atoms with Gasteiger partial charge in [-0.2, -0.15) is 0 Å². The van der Waals surface area contributed by atoms with Gasteiger partial charge in [0.15, 0.2) is 0 Å². The van der Waals surface area contributed by atoms with Crippen LogP contribution in [0.25, 0.3) is 0 Å². The van der Waals surface area contributed by atoms with E-state index in [0.29, 0.717) is 16.9 Å². The van der Waals surface area contributed by atoms with Crippen molar-refractivity contribution >= 4 is 23.0 Å². The zero-order chi connectivity index (χ0) is 22.7. The Labute approximate surface area is 178 Å². The van der Waals surface area contributed by atoms with Gasteiger partial charge in [0.25, 0.3) is 16.8 Å². The van der Waals surface area contributed by atoms with Crippen molar-refractivity contribution < 1.29 is 13.6 Å². The highest BCUT2D eigenvalue weighted by atomic mass is 19.1. The number of halogens is 1. The van der Waals surface area contributed by atoms with Crippen molar-refractivity contribution in [3.05, 3.63) is 72.7 Å². The van der Waals surface area contributed by atoms with Crippen LogP contribution in [0.4, 0.5) is 21.5 Å². The minimum Gasteiger partial charge on any atom is -0.464 e. The summed E-state index contributed by atoms with van der Waals surface area (Å²) in [7, 11) is 0. The number of nitrogens with one attached hydrogen (secondary N) is 3. The predicted octanol–water partition coefficient (Wildman–Crippen LogP) is 3.82. The van der Waals surface area contributed by atoms with Gasteiger partial charge in [0.2, 0.25) is 0 Å². The summed E-state index contributed by atoms with van der Waals surface area (Å²) in [4.78, 5) is 37.0. The van der Waals surface area contributed by atoms with Gasteiger partial charge in [-0.15, -0.1) is 0 Å². The Morgan fingerprint density at radius 3 is 2.35 bits per heavy atom. The molecule has 2 aromatic carbocycles. The van der Waals surface area contributed by atoms with Crippen molar-refractivity contribution in [2.45, 2.75) is 47.2 Å². The summed E-state index contributed by atoms with van der Waals surface area (Å²) in [6.45, 7) is 9.73. The number of rotatable bonds is 5. The number of hydrogen-bond donors (Lipinski definition) is 3. The van der Waals surface area contributed by atoms with Gasteiger partial charge < -0.3 is 20.4 Å². The van der Waals surface area contributed by atoms with Crippen molar-refractivity contribution in [2.75, 3.05) is 10.6 Å². The fraction of sp³-hybridized carbons (Fsp3) is 0.348. The monoisotopic (exact) mass is 425 g/mol. The van der Waals surface area contributed by atoms with Crippen LogP contribution in [0.5, 0.6) is 0 Å². The first kappa shape index (κ1) is 20.8. The van der Waals surface area contributed by atoms with Gasteiger partial charge in [0, 0.05) is 6.54 Å². The lowest BCUT2D eigenvalue weighted by molar-refractivity contribution is 0.0966.